The van der Waals surface area contributed by atoms with Crippen molar-refractivity contribution in [2.75, 3.05) is 18.4 Å². The summed E-state index contributed by atoms with van der Waals surface area (Å²) in [4.78, 5) is 38.4. The maximum atomic E-state index is 12.6. The minimum absolute atomic E-state index is 0.0916. The molecule has 2 N–H and O–H groups in total. The van der Waals surface area contributed by atoms with Crippen LogP contribution in [0.15, 0.2) is 73.3 Å². The van der Waals surface area contributed by atoms with E-state index in [2.05, 4.69) is 20.3 Å². The van der Waals surface area contributed by atoms with Crippen LogP contribution in [0.2, 0.25) is 0 Å². The molecule has 1 atom stereocenters. The van der Waals surface area contributed by atoms with Crippen LogP contribution in [0.3, 0.4) is 0 Å². The molecule has 1 unspecified atom stereocenters. The second kappa shape index (κ2) is 9.27. The van der Waals surface area contributed by atoms with Crippen LogP contribution in [-0.2, 0) is 0 Å². The molecule has 0 spiro atoms. The van der Waals surface area contributed by atoms with E-state index in [0.717, 1.165) is 40.4 Å². The number of benzene rings is 2. The lowest BCUT2D eigenvalue weighted by Crippen LogP contribution is -2.38. The van der Waals surface area contributed by atoms with E-state index in [1.807, 2.05) is 30.3 Å². The van der Waals surface area contributed by atoms with Crippen LogP contribution < -0.4 is 5.32 Å². The fourth-order valence-electron chi connectivity index (χ4n) is 4.51. The molecule has 3 heterocycles. The second-order valence-electron chi connectivity index (χ2n) is 8.30. The maximum Gasteiger partial charge on any atom is 0.407 e. The van der Waals surface area contributed by atoms with Gasteiger partial charge in [-0.15, -0.1) is 0 Å². The highest BCUT2D eigenvalue weighted by Gasteiger charge is 2.26. The predicted molar refractivity (Wildman–Crippen MR) is 129 cm³/mol. The number of pyridine rings is 1. The van der Waals surface area contributed by atoms with Crippen molar-refractivity contribution in [2.24, 2.45) is 0 Å². The van der Waals surface area contributed by atoms with E-state index in [1.54, 1.807) is 36.7 Å². The average molecular weight is 454 g/mol. The summed E-state index contributed by atoms with van der Waals surface area (Å²) in [6.45, 7) is 1.03. The summed E-state index contributed by atoms with van der Waals surface area (Å²) in [6, 6.07) is 16.8. The molecular weight excluding hydrogens is 430 g/mol. The van der Waals surface area contributed by atoms with E-state index in [9.17, 15) is 14.7 Å². The van der Waals surface area contributed by atoms with Crippen molar-refractivity contribution < 1.29 is 14.7 Å². The number of rotatable bonds is 4. The Labute approximate surface area is 196 Å². The summed E-state index contributed by atoms with van der Waals surface area (Å²) in [5.41, 5.74) is 4.31. The summed E-state index contributed by atoms with van der Waals surface area (Å²) in [7, 11) is 0. The van der Waals surface area contributed by atoms with Crippen molar-refractivity contribution in [1.29, 1.82) is 0 Å². The lowest BCUT2D eigenvalue weighted by atomic mass is 9.87. The van der Waals surface area contributed by atoms with Gasteiger partial charge in [0.25, 0.3) is 5.91 Å². The van der Waals surface area contributed by atoms with Crippen molar-refractivity contribution in [2.45, 2.75) is 18.8 Å². The SMILES string of the molecule is O=C(Nc1ccccn1)c1ccc(-c2ccc(C3CCCN(C(=O)O)C3)c3ncncc23)cc1. The molecule has 0 bridgehead atoms. The summed E-state index contributed by atoms with van der Waals surface area (Å²) in [5.74, 6) is 0.363. The standard InChI is InChI=1S/C26H23N5O3/c32-25(30-23-5-1-2-12-28-23)18-8-6-17(7-9-18)20-10-11-21(24-22(20)14-27-16-29-24)19-4-3-13-31(15-19)26(33)34/h1-2,5-12,14,16,19H,3-4,13,15H2,(H,33,34)(H,28,30,32). The van der Waals surface area contributed by atoms with Gasteiger partial charge in [-0.1, -0.05) is 30.3 Å². The maximum absolute atomic E-state index is 12.6. The van der Waals surface area contributed by atoms with Crippen LogP contribution in [0.4, 0.5) is 10.6 Å². The molecule has 2 amide bonds. The Morgan fingerprint density at radius 3 is 2.65 bits per heavy atom. The Hall–Kier alpha value is -4.33. The number of likely N-dealkylation sites (tertiary alicyclic amines) is 1. The van der Waals surface area contributed by atoms with Gasteiger partial charge in [-0.05, 0) is 53.8 Å². The molecule has 0 aliphatic carbocycles. The fourth-order valence-corrected chi connectivity index (χ4v) is 4.51. The molecule has 8 nitrogen and oxygen atoms in total. The van der Waals surface area contributed by atoms with Gasteiger partial charge in [0.05, 0.1) is 5.52 Å². The molecule has 34 heavy (non-hydrogen) atoms. The van der Waals surface area contributed by atoms with Crippen molar-refractivity contribution in [1.82, 2.24) is 19.9 Å². The zero-order valence-electron chi connectivity index (χ0n) is 18.4. The molecule has 1 saturated heterocycles. The average Bonchev–Trinajstić information content (AvgIpc) is 2.89. The minimum atomic E-state index is -0.882. The summed E-state index contributed by atoms with van der Waals surface area (Å²) < 4.78 is 0. The number of hydrogen-bond acceptors (Lipinski definition) is 5. The number of carbonyl (C=O) groups is 2. The highest BCUT2D eigenvalue weighted by Crippen LogP contribution is 2.35. The quantitative estimate of drug-likeness (QED) is 0.459. The third-order valence-corrected chi connectivity index (χ3v) is 6.20. The first-order valence-electron chi connectivity index (χ1n) is 11.1. The van der Waals surface area contributed by atoms with E-state index in [0.29, 0.717) is 24.5 Å². The molecule has 1 aliphatic rings. The van der Waals surface area contributed by atoms with Crippen LogP contribution in [0.5, 0.6) is 0 Å². The minimum Gasteiger partial charge on any atom is -0.465 e. The van der Waals surface area contributed by atoms with E-state index in [-0.39, 0.29) is 11.8 Å². The van der Waals surface area contributed by atoms with Gasteiger partial charge in [0.2, 0.25) is 0 Å². The Morgan fingerprint density at radius 1 is 1.03 bits per heavy atom. The van der Waals surface area contributed by atoms with E-state index in [1.165, 1.54) is 11.2 Å². The van der Waals surface area contributed by atoms with Crippen molar-refractivity contribution >= 4 is 28.7 Å². The molecule has 170 valence electrons. The number of nitrogens with zero attached hydrogens (tertiary/aromatic N) is 4. The molecule has 2 aromatic heterocycles. The van der Waals surface area contributed by atoms with E-state index < -0.39 is 6.09 Å². The lowest BCUT2D eigenvalue weighted by Gasteiger charge is -2.31. The number of anilines is 1. The largest absolute Gasteiger partial charge is 0.465 e. The van der Waals surface area contributed by atoms with Crippen LogP contribution in [-0.4, -0.2) is 50.0 Å². The van der Waals surface area contributed by atoms with Gasteiger partial charge in [0, 0.05) is 42.4 Å². The molecule has 8 heteroatoms. The third kappa shape index (κ3) is 4.30. The van der Waals surface area contributed by atoms with Gasteiger partial charge in [0.15, 0.2) is 0 Å². The summed E-state index contributed by atoms with van der Waals surface area (Å²) in [5, 5.41) is 13.1. The number of fused-ring (bicyclic) bond motifs is 1. The van der Waals surface area contributed by atoms with Crippen LogP contribution in [0.25, 0.3) is 22.0 Å². The Bertz CT molecular complexity index is 1340. The number of nitrogens with one attached hydrogen (secondary N) is 1. The van der Waals surface area contributed by atoms with Gasteiger partial charge < -0.3 is 15.3 Å². The molecule has 4 aromatic rings. The first-order chi connectivity index (χ1) is 16.6. The van der Waals surface area contributed by atoms with E-state index >= 15 is 0 Å². The molecule has 0 saturated carbocycles. The molecule has 5 rings (SSSR count). The van der Waals surface area contributed by atoms with Crippen LogP contribution in [0, 0.1) is 0 Å². The van der Waals surface area contributed by atoms with Gasteiger partial charge >= 0.3 is 6.09 Å². The normalized spacial score (nSPS) is 15.8. The Morgan fingerprint density at radius 2 is 1.88 bits per heavy atom. The predicted octanol–water partition coefficient (Wildman–Crippen LogP) is 4.80. The van der Waals surface area contributed by atoms with E-state index in [4.69, 9.17) is 0 Å². The molecule has 0 radical (unpaired) electrons. The van der Waals surface area contributed by atoms with Crippen LogP contribution in [0.1, 0.15) is 34.7 Å². The number of carboxylic acid groups (broad SMARTS) is 1. The van der Waals surface area contributed by atoms with Crippen molar-refractivity contribution in [3.63, 3.8) is 0 Å². The zero-order chi connectivity index (χ0) is 23.5. The first-order valence-corrected chi connectivity index (χ1v) is 11.1. The monoisotopic (exact) mass is 453 g/mol. The van der Waals surface area contributed by atoms with Gasteiger partial charge in [-0.2, -0.15) is 0 Å². The van der Waals surface area contributed by atoms with Crippen molar-refractivity contribution in [3.8, 4) is 11.1 Å². The molecule has 1 aliphatic heterocycles. The molecule has 1 fully saturated rings. The number of aromatic nitrogens is 3. The van der Waals surface area contributed by atoms with Crippen molar-refractivity contribution in [3.05, 3.63) is 84.4 Å². The third-order valence-electron chi connectivity index (χ3n) is 6.20. The highest BCUT2D eigenvalue weighted by atomic mass is 16.4. The van der Waals surface area contributed by atoms with Gasteiger partial charge in [-0.25, -0.2) is 19.7 Å². The number of hydrogen-bond donors (Lipinski definition) is 2. The summed E-state index contributed by atoms with van der Waals surface area (Å²) in [6.07, 6.45) is 5.81. The summed E-state index contributed by atoms with van der Waals surface area (Å²) >= 11 is 0. The number of piperidine rings is 1. The first kappa shape index (κ1) is 21.5. The number of carbonyl (C=O) groups excluding carboxylic acids is 1. The molecular formula is C26H23N5O3. The lowest BCUT2D eigenvalue weighted by molar-refractivity contribution is 0.102. The molecule has 2 aromatic carbocycles. The Kier molecular flexibility index (Phi) is 5.86. The fraction of sp³-hybridized carbons (Fsp3) is 0.192. The Balaban J connectivity index is 1.44. The van der Waals surface area contributed by atoms with Gasteiger partial charge in [0.1, 0.15) is 12.1 Å². The zero-order valence-corrected chi connectivity index (χ0v) is 18.4. The highest BCUT2D eigenvalue weighted by molar-refractivity contribution is 6.04. The topological polar surface area (TPSA) is 108 Å². The second-order valence-corrected chi connectivity index (χ2v) is 8.30. The van der Waals surface area contributed by atoms with Crippen LogP contribution >= 0.6 is 0 Å². The smallest absolute Gasteiger partial charge is 0.407 e. The van der Waals surface area contributed by atoms with Gasteiger partial charge in [-0.3, -0.25) is 4.79 Å². The number of amides is 2.